The average molecular weight is 184 g/mol. The first-order chi connectivity index (χ1) is 5.87. The molecule has 0 unspecified atom stereocenters. The number of hydrogen-bond donors (Lipinski definition) is 2. The van der Waals surface area contributed by atoms with Crippen LogP contribution < -0.4 is 0 Å². The van der Waals surface area contributed by atoms with Crippen LogP contribution in [-0.2, 0) is 0 Å². The molecule has 0 aliphatic heterocycles. The van der Waals surface area contributed by atoms with Gasteiger partial charge in [0.1, 0.15) is 0 Å². The Balaban J connectivity index is 2.45. The summed E-state index contributed by atoms with van der Waals surface area (Å²) in [6.45, 7) is 6.22. The Hall–Kier alpha value is -0.0800. The van der Waals surface area contributed by atoms with Crippen molar-refractivity contribution in [3.05, 3.63) is 0 Å². The van der Waals surface area contributed by atoms with Crippen LogP contribution in [0.4, 0.5) is 0 Å². The van der Waals surface area contributed by atoms with Crippen LogP contribution in [0.3, 0.4) is 0 Å². The molecule has 2 rings (SSSR count). The van der Waals surface area contributed by atoms with E-state index in [-0.39, 0.29) is 17.4 Å². The lowest BCUT2D eigenvalue weighted by Crippen LogP contribution is -2.56. The minimum absolute atomic E-state index is 0.0457. The van der Waals surface area contributed by atoms with Gasteiger partial charge in [-0.25, -0.2) is 0 Å². The smallest absolute Gasteiger partial charge is 0.0983 e. The van der Waals surface area contributed by atoms with E-state index in [1.54, 1.807) is 0 Å². The van der Waals surface area contributed by atoms with Gasteiger partial charge in [-0.15, -0.1) is 0 Å². The topological polar surface area (TPSA) is 40.5 Å². The summed E-state index contributed by atoms with van der Waals surface area (Å²) in [7, 11) is 0. The van der Waals surface area contributed by atoms with Crippen LogP contribution >= 0.6 is 0 Å². The second-order valence-electron chi connectivity index (χ2n) is 5.74. The van der Waals surface area contributed by atoms with Crippen molar-refractivity contribution in [3.63, 3.8) is 0 Å². The number of hydrogen-bond acceptors (Lipinski definition) is 2. The molecule has 2 saturated carbocycles. The highest BCUT2D eigenvalue weighted by Crippen LogP contribution is 2.67. The van der Waals surface area contributed by atoms with E-state index >= 15 is 0 Å². The van der Waals surface area contributed by atoms with Crippen molar-refractivity contribution in [1.29, 1.82) is 0 Å². The molecule has 13 heavy (non-hydrogen) atoms. The zero-order valence-electron chi connectivity index (χ0n) is 8.80. The van der Waals surface area contributed by atoms with Crippen LogP contribution in [0.1, 0.15) is 40.0 Å². The minimum atomic E-state index is -0.858. The summed E-state index contributed by atoms with van der Waals surface area (Å²) in [5.74, 6) is 0.592. The van der Waals surface area contributed by atoms with E-state index in [1.165, 1.54) is 6.42 Å². The zero-order valence-corrected chi connectivity index (χ0v) is 8.80. The lowest BCUT2D eigenvalue weighted by molar-refractivity contribution is -0.168. The molecule has 0 heterocycles. The molecule has 0 saturated heterocycles. The molecule has 2 bridgehead atoms. The quantitative estimate of drug-likeness (QED) is 0.649. The Morgan fingerprint density at radius 1 is 1.31 bits per heavy atom. The Labute approximate surface area is 80.0 Å². The molecule has 0 spiro atoms. The fourth-order valence-corrected chi connectivity index (χ4v) is 3.74. The highest BCUT2D eigenvalue weighted by atomic mass is 16.3. The average Bonchev–Trinajstić information content (AvgIpc) is 2.51. The Bertz CT molecular complexity index is 229. The third-order valence-corrected chi connectivity index (χ3v) is 5.06. The maximum Gasteiger partial charge on any atom is 0.0983 e. The Morgan fingerprint density at radius 2 is 1.92 bits per heavy atom. The van der Waals surface area contributed by atoms with Crippen LogP contribution in [0.25, 0.3) is 0 Å². The first-order valence-electron chi connectivity index (χ1n) is 5.21. The van der Waals surface area contributed by atoms with Gasteiger partial charge in [-0.2, -0.15) is 0 Å². The molecule has 2 aliphatic rings. The van der Waals surface area contributed by atoms with E-state index in [9.17, 15) is 10.2 Å². The lowest BCUT2D eigenvalue weighted by atomic mass is 9.61. The summed E-state index contributed by atoms with van der Waals surface area (Å²) in [5, 5.41) is 19.9. The SMILES string of the molecule is CC1(C)[C@H]2CC[C@](C)(C2)[C@]1(O)CO. The monoisotopic (exact) mass is 184 g/mol. The van der Waals surface area contributed by atoms with Gasteiger partial charge in [0.15, 0.2) is 0 Å². The number of aliphatic hydroxyl groups is 2. The van der Waals surface area contributed by atoms with Gasteiger partial charge in [0.2, 0.25) is 0 Å². The van der Waals surface area contributed by atoms with Crippen molar-refractivity contribution < 1.29 is 10.2 Å². The standard InChI is InChI=1S/C11H20O2/c1-9(2)8-4-5-10(3,6-8)11(9,13)7-12/h8,12-13H,4-7H2,1-3H3/t8-,10+,11-/m0/s1. The first-order valence-corrected chi connectivity index (χ1v) is 5.21. The summed E-state index contributed by atoms with van der Waals surface area (Å²) >= 11 is 0. The second kappa shape index (κ2) is 2.29. The Kier molecular flexibility index (Phi) is 1.67. The van der Waals surface area contributed by atoms with E-state index < -0.39 is 5.60 Å². The Morgan fingerprint density at radius 3 is 2.23 bits per heavy atom. The predicted octanol–water partition coefficient (Wildman–Crippen LogP) is 1.56. The summed E-state index contributed by atoms with van der Waals surface area (Å²) in [6, 6.07) is 0. The lowest BCUT2D eigenvalue weighted by Gasteiger charge is -2.49. The molecule has 3 atom stereocenters. The summed E-state index contributed by atoms with van der Waals surface area (Å²) in [6.07, 6.45) is 3.36. The molecular weight excluding hydrogens is 164 g/mol. The number of fused-ring (bicyclic) bond motifs is 2. The van der Waals surface area contributed by atoms with Crippen molar-refractivity contribution in [1.82, 2.24) is 0 Å². The van der Waals surface area contributed by atoms with Crippen molar-refractivity contribution in [3.8, 4) is 0 Å². The predicted molar refractivity (Wildman–Crippen MR) is 51.3 cm³/mol. The van der Waals surface area contributed by atoms with E-state index in [0.717, 1.165) is 12.8 Å². The van der Waals surface area contributed by atoms with Gasteiger partial charge in [0, 0.05) is 0 Å². The van der Waals surface area contributed by atoms with Gasteiger partial charge in [0.25, 0.3) is 0 Å². The van der Waals surface area contributed by atoms with Gasteiger partial charge in [-0.3, -0.25) is 0 Å². The molecule has 0 amide bonds. The number of rotatable bonds is 1. The van der Waals surface area contributed by atoms with Crippen LogP contribution in [0.15, 0.2) is 0 Å². The highest BCUT2D eigenvalue weighted by molar-refractivity contribution is 5.17. The van der Waals surface area contributed by atoms with Crippen molar-refractivity contribution in [2.75, 3.05) is 6.61 Å². The molecule has 0 aromatic heterocycles. The minimum Gasteiger partial charge on any atom is -0.393 e. The molecule has 2 heteroatoms. The summed E-state index contributed by atoms with van der Waals surface area (Å²) < 4.78 is 0. The molecule has 2 N–H and O–H groups in total. The van der Waals surface area contributed by atoms with Gasteiger partial charge in [-0.05, 0) is 36.0 Å². The third kappa shape index (κ3) is 0.816. The fraction of sp³-hybridized carbons (Fsp3) is 1.00. The van der Waals surface area contributed by atoms with E-state index in [0.29, 0.717) is 5.92 Å². The zero-order chi connectivity index (χ0) is 9.91. The van der Waals surface area contributed by atoms with Gasteiger partial charge < -0.3 is 10.2 Å². The molecular formula is C11H20O2. The third-order valence-electron chi connectivity index (χ3n) is 5.06. The van der Waals surface area contributed by atoms with Crippen molar-refractivity contribution >= 4 is 0 Å². The molecule has 0 aromatic rings. The van der Waals surface area contributed by atoms with Gasteiger partial charge >= 0.3 is 0 Å². The highest BCUT2D eigenvalue weighted by Gasteiger charge is 2.68. The van der Waals surface area contributed by atoms with Crippen molar-refractivity contribution in [2.24, 2.45) is 16.7 Å². The summed E-state index contributed by atoms with van der Waals surface area (Å²) in [4.78, 5) is 0. The maximum atomic E-state index is 10.5. The van der Waals surface area contributed by atoms with E-state index in [2.05, 4.69) is 20.8 Å². The largest absolute Gasteiger partial charge is 0.393 e. The maximum absolute atomic E-state index is 10.5. The van der Waals surface area contributed by atoms with Crippen LogP contribution in [0.2, 0.25) is 0 Å². The summed E-state index contributed by atoms with van der Waals surface area (Å²) in [5.41, 5.74) is -1.02. The van der Waals surface area contributed by atoms with Gasteiger partial charge in [-0.1, -0.05) is 20.8 Å². The van der Waals surface area contributed by atoms with Crippen molar-refractivity contribution in [2.45, 2.75) is 45.6 Å². The fourth-order valence-electron chi connectivity index (χ4n) is 3.74. The van der Waals surface area contributed by atoms with E-state index in [1.807, 2.05) is 0 Å². The molecule has 0 aromatic carbocycles. The normalized spacial score (nSPS) is 52.8. The van der Waals surface area contributed by atoms with E-state index in [4.69, 9.17) is 0 Å². The first kappa shape index (κ1) is 9.47. The van der Waals surface area contributed by atoms with Crippen LogP contribution in [0, 0.1) is 16.7 Å². The van der Waals surface area contributed by atoms with Gasteiger partial charge in [0.05, 0.1) is 12.2 Å². The second-order valence-corrected chi connectivity index (χ2v) is 5.74. The number of aliphatic hydroxyl groups excluding tert-OH is 1. The van der Waals surface area contributed by atoms with Crippen LogP contribution in [-0.4, -0.2) is 22.4 Å². The molecule has 2 nitrogen and oxygen atoms in total. The molecule has 2 fully saturated rings. The molecule has 2 aliphatic carbocycles. The molecule has 0 radical (unpaired) electrons. The van der Waals surface area contributed by atoms with Crippen LogP contribution in [0.5, 0.6) is 0 Å². The molecule has 76 valence electrons.